The maximum absolute atomic E-state index is 12.4. The van der Waals surface area contributed by atoms with Gasteiger partial charge in [0.1, 0.15) is 10.8 Å². The largest absolute Gasteiger partial charge is 0.419 e. The Hall–Kier alpha value is -3.53. The third kappa shape index (κ3) is 4.86. The summed E-state index contributed by atoms with van der Waals surface area (Å²) >= 11 is -0.939. The predicted octanol–water partition coefficient (Wildman–Crippen LogP) is 5.72. The molecule has 4 rings (SSSR count). The Balaban J connectivity index is 1.51. The van der Waals surface area contributed by atoms with Gasteiger partial charge in [-0.2, -0.15) is 0 Å². The van der Waals surface area contributed by atoms with Crippen LogP contribution in [0.4, 0.5) is 21.2 Å². The number of hydrogen-bond acceptors (Lipinski definition) is 5. The zero-order chi connectivity index (χ0) is 22.5. The fraction of sp³-hybridized carbons (Fsp3) is 0.0435. The topological polar surface area (TPSA) is 83.0 Å². The Morgan fingerprint density at radius 1 is 0.938 bits per heavy atom. The van der Waals surface area contributed by atoms with Gasteiger partial charge in [0.25, 0.3) is 11.3 Å². The van der Waals surface area contributed by atoms with E-state index in [1.807, 2.05) is 42.5 Å². The maximum atomic E-state index is 12.4. The molecule has 0 aliphatic carbocycles. The predicted molar refractivity (Wildman–Crippen MR) is 128 cm³/mol. The highest BCUT2D eigenvalue weighted by Gasteiger charge is 2.19. The lowest BCUT2D eigenvalue weighted by Crippen LogP contribution is -2.29. The van der Waals surface area contributed by atoms with Crippen LogP contribution in [0, 0.1) is 0 Å². The van der Waals surface area contributed by atoms with Gasteiger partial charge in [-0.3, -0.25) is 14.4 Å². The van der Waals surface area contributed by atoms with Gasteiger partial charge >= 0.3 is 6.09 Å². The first-order valence-electron chi connectivity index (χ1n) is 9.56. The second-order valence-corrected chi connectivity index (χ2v) is 8.52. The monoisotopic (exact) mass is 465 g/mol. The minimum absolute atomic E-state index is 0.325. The molecule has 0 spiro atoms. The average molecular weight is 466 g/mol. The lowest BCUT2D eigenvalue weighted by Gasteiger charge is -2.19. The van der Waals surface area contributed by atoms with Crippen LogP contribution in [0.1, 0.15) is 0 Å². The van der Waals surface area contributed by atoms with E-state index in [1.54, 1.807) is 55.7 Å². The van der Waals surface area contributed by atoms with Crippen LogP contribution in [0.15, 0.2) is 91.1 Å². The van der Waals surface area contributed by atoms with Gasteiger partial charge in [-0.25, -0.2) is 13.3 Å². The summed E-state index contributed by atoms with van der Waals surface area (Å²) in [5.74, 6) is 0.325. The van der Waals surface area contributed by atoms with Gasteiger partial charge in [0.2, 0.25) is 0 Å². The van der Waals surface area contributed by atoms with Crippen molar-refractivity contribution < 1.29 is 18.3 Å². The molecule has 1 amide bonds. The van der Waals surface area contributed by atoms with E-state index < -0.39 is 17.4 Å². The van der Waals surface area contributed by atoms with Crippen LogP contribution in [0.25, 0.3) is 10.6 Å². The fourth-order valence-electron chi connectivity index (χ4n) is 2.95. The van der Waals surface area contributed by atoms with Crippen LogP contribution in [0.3, 0.4) is 0 Å². The summed E-state index contributed by atoms with van der Waals surface area (Å²) in [5, 5.41) is 0.583. The number of carbonyl (C=O) groups excluding carboxylic acids is 1. The lowest BCUT2D eigenvalue weighted by atomic mass is 10.3. The van der Waals surface area contributed by atoms with E-state index in [-0.39, 0.29) is 0 Å². The molecule has 32 heavy (non-hydrogen) atoms. The first-order chi connectivity index (χ1) is 15.5. The van der Waals surface area contributed by atoms with Gasteiger partial charge in [0, 0.05) is 18.9 Å². The minimum atomic E-state index is -2.29. The van der Waals surface area contributed by atoms with Crippen molar-refractivity contribution in [1.29, 1.82) is 0 Å². The molecule has 0 bridgehead atoms. The van der Waals surface area contributed by atoms with Crippen LogP contribution >= 0.6 is 11.3 Å². The van der Waals surface area contributed by atoms with Crippen molar-refractivity contribution in [3.8, 4) is 16.3 Å². The number of anilines is 3. The first kappa shape index (κ1) is 21.7. The van der Waals surface area contributed by atoms with Crippen LogP contribution in [-0.2, 0) is 11.3 Å². The second-order valence-electron chi connectivity index (χ2n) is 6.63. The number of pyridine rings is 1. The van der Waals surface area contributed by atoms with Crippen molar-refractivity contribution in [2.75, 3.05) is 16.3 Å². The van der Waals surface area contributed by atoms with E-state index in [4.69, 9.17) is 4.74 Å². The summed E-state index contributed by atoms with van der Waals surface area (Å²) < 4.78 is 28.7. The van der Waals surface area contributed by atoms with Gasteiger partial charge < -0.3 is 4.74 Å². The summed E-state index contributed by atoms with van der Waals surface area (Å²) in [5.41, 5.74) is 1.98. The highest BCUT2D eigenvalue weighted by Crippen LogP contribution is 2.37. The summed E-state index contributed by atoms with van der Waals surface area (Å²) in [6.07, 6.45) is 1.16. The number of rotatable bonds is 6. The Labute approximate surface area is 192 Å². The summed E-state index contributed by atoms with van der Waals surface area (Å²) in [4.78, 5) is 19.0. The number of benzene rings is 2. The molecule has 2 heterocycles. The van der Waals surface area contributed by atoms with E-state index >= 15 is 0 Å². The van der Waals surface area contributed by atoms with Gasteiger partial charge in [-0.1, -0.05) is 24.3 Å². The fourth-order valence-corrected chi connectivity index (χ4v) is 4.68. The van der Waals surface area contributed by atoms with E-state index in [0.717, 1.165) is 10.6 Å². The molecule has 1 atom stereocenters. The van der Waals surface area contributed by atoms with Gasteiger partial charge in [0.15, 0.2) is 0 Å². The molecular weight excluding hydrogens is 446 g/mol. The molecule has 9 heteroatoms. The molecule has 0 saturated carbocycles. The van der Waals surface area contributed by atoms with Crippen molar-refractivity contribution >= 4 is 45.1 Å². The van der Waals surface area contributed by atoms with Crippen LogP contribution in [0.5, 0.6) is 5.75 Å². The molecule has 0 aliphatic rings. The maximum Gasteiger partial charge on any atom is 0.419 e. The molecule has 0 saturated heterocycles. The Bertz CT molecular complexity index is 1220. The molecule has 0 radical (unpaired) electrons. The summed E-state index contributed by atoms with van der Waals surface area (Å²) in [7, 11) is 1.62. The number of aromatic nitrogens is 1. The molecule has 2 aromatic heterocycles. The second kappa shape index (κ2) is 9.73. The zero-order valence-electron chi connectivity index (χ0n) is 17.0. The van der Waals surface area contributed by atoms with Gasteiger partial charge in [-0.15, -0.1) is 11.3 Å². The van der Waals surface area contributed by atoms with E-state index in [0.29, 0.717) is 22.1 Å². The molecule has 0 aliphatic heterocycles. The van der Waals surface area contributed by atoms with Crippen molar-refractivity contribution in [3.63, 3.8) is 0 Å². The molecule has 162 valence electrons. The quantitative estimate of drug-likeness (QED) is 0.368. The number of para-hydroxylation sites is 1. The third-order valence-electron chi connectivity index (χ3n) is 4.56. The first-order valence-corrected chi connectivity index (χ1v) is 11.4. The Kier molecular flexibility index (Phi) is 6.60. The summed E-state index contributed by atoms with van der Waals surface area (Å²) in [6.45, 7) is 0. The smallest absolute Gasteiger partial charge is 0.410 e. The zero-order valence-corrected chi connectivity index (χ0v) is 18.6. The number of thiophene rings is 1. The molecule has 4 aromatic rings. The molecule has 2 aromatic carbocycles. The normalized spacial score (nSPS) is 11.6. The minimum Gasteiger partial charge on any atom is -0.410 e. The highest BCUT2D eigenvalue weighted by atomic mass is 32.2. The lowest BCUT2D eigenvalue weighted by molar-refractivity contribution is 0.209. The Morgan fingerprint density at radius 2 is 1.66 bits per heavy atom. The number of carbonyl (C=O) groups is 1. The van der Waals surface area contributed by atoms with Crippen molar-refractivity contribution in [2.45, 2.75) is 0 Å². The van der Waals surface area contributed by atoms with Crippen LogP contribution in [-0.4, -0.2) is 26.9 Å². The van der Waals surface area contributed by atoms with Crippen molar-refractivity contribution in [1.82, 2.24) is 4.98 Å². The standard InChI is InChI=1S/C23H19N3O4S2/c1-25(17-7-3-2-4-8-17)23(27)30-19-12-10-18(11-13-19)26(32(28)29)22-15-14-21(31-22)20-9-5-6-16-24-20/h2-16H,1H3,(H,28,29). The number of amides is 1. The molecule has 7 nitrogen and oxygen atoms in total. The summed E-state index contributed by atoms with van der Waals surface area (Å²) in [6, 6.07) is 24.8. The Morgan fingerprint density at radius 3 is 2.31 bits per heavy atom. The van der Waals surface area contributed by atoms with Crippen LogP contribution < -0.4 is 13.9 Å². The SMILES string of the molecule is CN(C(=O)Oc1ccc(N(c2ccc(-c3ccccn3)s2)S(=O)O)cc1)c1ccccc1. The number of nitrogens with zero attached hydrogens (tertiary/aromatic N) is 3. The highest BCUT2D eigenvalue weighted by molar-refractivity contribution is 7.81. The average Bonchev–Trinajstić information content (AvgIpc) is 3.30. The van der Waals surface area contributed by atoms with Gasteiger partial charge in [-0.05, 0) is 60.7 Å². The molecule has 1 N–H and O–H groups in total. The van der Waals surface area contributed by atoms with Gasteiger partial charge in [0.05, 0.1) is 16.3 Å². The van der Waals surface area contributed by atoms with Crippen molar-refractivity contribution in [3.05, 3.63) is 91.1 Å². The number of hydrogen-bond donors (Lipinski definition) is 1. The van der Waals surface area contributed by atoms with E-state index in [1.165, 1.54) is 20.5 Å². The van der Waals surface area contributed by atoms with E-state index in [9.17, 15) is 13.6 Å². The van der Waals surface area contributed by atoms with E-state index in [2.05, 4.69) is 4.98 Å². The van der Waals surface area contributed by atoms with Crippen molar-refractivity contribution in [2.24, 2.45) is 0 Å². The number of ether oxygens (including phenoxy) is 1. The molecule has 1 unspecified atom stereocenters. The molecule has 0 fully saturated rings. The third-order valence-corrected chi connectivity index (χ3v) is 6.49. The van der Waals surface area contributed by atoms with Crippen LogP contribution in [0.2, 0.25) is 0 Å². The molecular formula is C23H19N3O4S2.